The second kappa shape index (κ2) is 6.60. The highest BCUT2D eigenvalue weighted by Crippen LogP contribution is 2.19. The van der Waals surface area contributed by atoms with Crippen molar-refractivity contribution in [1.29, 1.82) is 0 Å². The minimum atomic E-state index is -0.631. The van der Waals surface area contributed by atoms with E-state index in [4.69, 9.17) is 4.84 Å². The summed E-state index contributed by atoms with van der Waals surface area (Å²) >= 11 is 0. The number of nitrogens with zero attached hydrogens (tertiary/aromatic N) is 1. The predicted molar refractivity (Wildman–Crippen MR) is 85.4 cm³/mol. The molecule has 5 heteroatoms. The summed E-state index contributed by atoms with van der Waals surface area (Å²) < 4.78 is 12.9. The van der Waals surface area contributed by atoms with Crippen LogP contribution in [-0.2, 0) is 9.63 Å². The van der Waals surface area contributed by atoms with Crippen LogP contribution in [0.3, 0.4) is 0 Å². The number of oxime groups is 1. The molecule has 1 aliphatic heterocycles. The molecule has 0 saturated carbocycles. The second-order valence-electron chi connectivity index (χ2n) is 5.48. The van der Waals surface area contributed by atoms with Gasteiger partial charge in [0.25, 0.3) is 5.91 Å². The third-order valence-corrected chi connectivity index (χ3v) is 3.80. The normalized spacial score (nSPS) is 18.0. The van der Waals surface area contributed by atoms with Crippen LogP contribution < -0.4 is 5.32 Å². The minimum Gasteiger partial charge on any atom is -0.382 e. The Hall–Kier alpha value is -2.69. The van der Waals surface area contributed by atoms with Crippen LogP contribution in [0.1, 0.15) is 30.5 Å². The number of carbonyl (C=O) groups is 1. The molecular formula is C18H17FN2O2. The molecule has 0 bridgehead atoms. The van der Waals surface area contributed by atoms with Crippen molar-refractivity contribution in [2.24, 2.45) is 5.16 Å². The third-order valence-electron chi connectivity index (χ3n) is 3.80. The van der Waals surface area contributed by atoms with E-state index in [1.807, 2.05) is 37.3 Å². The Balaban J connectivity index is 1.59. The van der Waals surface area contributed by atoms with Gasteiger partial charge in [-0.3, -0.25) is 4.79 Å². The average Bonchev–Trinajstić information content (AvgIpc) is 3.06. The molecule has 3 rings (SSSR count). The molecule has 23 heavy (non-hydrogen) atoms. The van der Waals surface area contributed by atoms with Gasteiger partial charge in [0.05, 0.1) is 11.8 Å². The molecular weight excluding hydrogens is 295 g/mol. The summed E-state index contributed by atoms with van der Waals surface area (Å²) in [5.74, 6) is -0.524. The smallest absolute Gasteiger partial charge is 0.264 e. The fourth-order valence-corrected chi connectivity index (χ4v) is 2.46. The van der Waals surface area contributed by atoms with E-state index in [0.717, 1.165) is 16.8 Å². The van der Waals surface area contributed by atoms with E-state index in [0.29, 0.717) is 6.42 Å². The van der Waals surface area contributed by atoms with Gasteiger partial charge in [0.2, 0.25) is 6.10 Å². The Morgan fingerprint density at radius 3 is 2.61 bits per heavy atom. The average molecular weight is 312 g/mol. The molecule has 0 saturated heterocycles. The van der Waals surface area contributed by atoms with Gasteiger partial charge < -0.3 is 10.2 Å². The van der Waals surface area contributed by atoms with E-state index >= 15 is 0 Å². The van der Waals surface area contributed by atoms with Crippen molar-refractivity contribution >= 4 is 11.6 Å². The monoisotopic (exact) mass is 312 g/mol. The molecule has 118 valence electrons. The van der Waals surface area contributed by atoms with Gasteiger partial charge in [-0.25, -0.2) is 4.39 Å². The topological polar surface area (TPSA) is 50.7 Å². The fraction of sp³-hybridized carbons (Fsp3) is 0.222. The van der Waals surface area contributed by atoms with Gasteiger partial charge in [-0.05, 0) is 30.2 Å². The molecule has 0 unspecified atom stereocenters. The maximum atomic E-state index is 12.9. The van der Waals surface area contributed by atoms with E-state index in [1.165, 1.54) is 12.1 Å². The van der Waals surface area contributed by atoms with E-state index in [9.17, 15) is 9.18 Å². The van der Waals surface area contributed by atoms with Gasteiger partial charge in [0.1, 0.15) is 5.82 Å². The SMILES string of the molecule is C[C@@H](NC(=O)[C@@H]1CC(c2ccccc2)=NO1)c1ccc(F)cc1. The summed E-state index contributed by atoms with van der Waals surface area (Å²) in [5.41, 5.74) is 2.55. The highest BCUT2D eigenvalue weighted by molar-refractivity contribution is 6.04. The molecule has 0 aromatic heterocycles. The van der Waals surface area contributed by atoms with Crippen molar-refractivity contribution < 1.29 is 14.0 Å². The zero-order chi connectivity index (χ0) is 16.2. The Labute approximate surface area is 134 Å². The second-order valence-corrected chi connectivity index (χ2v) is 5.48. The Bertz CT molecular complexity index is 714. The molecule has 0 radical (unpaired) electrons. The van der Waals surface area contributed by atoms with Gasteiger partial charge in [-0.15, -0.1) is 0 Å². The molecule has 2 aromatic rings. The molecule has 1 amide bonds. The molecule has 2 aromatic carbocycles. The van der Waals surface area contributed by atoms with Gasteiger partial charge in [0.15, 0.2) is 0 Å². The largest absolute Gasteiger partial charge is 0.382 e. The lowest BCUT2D eigenvalue weighted by Gasteiger charge is -2.16. The Morgan fingerprint density at radius 1 is 1.22 bits per heavy atom. The number of carbonyl (C=O) groups excluding carboxylic acids is 1. The van der Waals surface area contributed by atoms with E-state index in [-0.39, 0.29) is 17.8 Å². The lowest BCUT2D eigenvalue weighted by molar-refractivity contribution is -0.131. The molecule has 0 aliphatic carbocycles. The third kappa shape index (κ3) is 3.56. The number of halogens is 1. The number of amides is 1. The number of hydrogen-bond donors (Lipinski definition) is 1. The van der Waals surface area contributed by atoms with E-state index in [2.05, 4.69) is 10.5 Å². The zero-order valence-electron chi connectivity index (χ0n) is 12.7. The van der Waals surface area contributed by atoms with Gasteiger partial charge >= 0.3 is 0 Å². The summed E-state index contributed by atoms with van der Waals surface area (Å²) in [6.45, 7) is 1.85. The van der Waals surface area contributed by atoms with Crippen molar-refractivity contribution in [3.8, 4) is 0 Å². The van der Waals surface area contributed by atoms with E-state index < -0.39 is 6.10 Å². The first-order valence-electron chi connectivity index (χ1n) is 7.47. The molecule has 0 spiro atoms. The van der Waals surface area contributed by atoms with Crippen LogP contribution in [0, 0.1) is 5.82 Å². The Morgan fingerprint density at radius 2 is 1.91 bits per heavy atom. The first-order chi connectivity index (χ1) is 11.1. The van der Waals surface area contributed by atoms with Gasteiger partial charge in [0, 0.05) is 6.42 Å². The van der Waals surface area contributed by atoms with Crippen molar-refractivity contribution in [2.75, 3.05) is 0 Å². The lowest BCUT2D eigenvalue weighted by atomic mass is 10.0. The first-order valence-corrected chi connectivity index (χ1v) is 7.47. The summed E-state index contributed by atoms with van der Waals surface area (Å²) in [4.78, 5) is 17.5. The maximum absolute atomic E-state index is 12.9. The van der Waals surface area contributed by atoms with Crippen LogP contribution >= 0.6 is 0 Å². The quantitative estimate of drug-likeness (QED) is 0.942. The molecule has 2 atom stereocenters. The number of nitrogens with one attached hydrogen (secondary N) is 1. The summed E-state index contributed by atoms with van der Waals surface area (Å²) in [7, 11) is 0. The predicted octanol–water partition coefficient (Wildman–Crippen LogP) is 3.20. The van der Waals surface area contributed by atoms with Crippen LogP contribution in [0.5, 0.6) is 0 Å². The van der Waals surface area contributed by atoms with Crippen LogP contribution in [0.4, 0.5) is 4.39 Å². The molecule has 1 heterocycles. The lowest BCUT2D eigenvalue weighted by Crippen LogP contribution is -2.36. The molecule has 1 N–H and O–H groups in total. The molecule has 0 fully saturated rings. The van der Waals surface area contributed by atoms with Crippen molar-refractivity contribution in [3.05, 3.63) is 71.5 Å². The van der Waals surface area contributed by atoms with Crippen molar-refractivity contribution in [1.82, 2.24) is 5.32 Å². The van der Waals surface area contributed by atoms with Gasteiger partial charge in [-0.1, -0.05) is 47.6 Å². The number of rotatable bonds is 4. The summed E-state index contributed by atoms with van der Waals surface area (Å²) in [5, 5.41) is 6.88. The standard InChI is InChI=1S/C18H17FN2O2/c1-12(13-7-9-15(19)10-8-13)20-18(22)17-11-16(21-23-17)14-5-3-2-4-6-14/h2-10,12,17H,11H2,1H3,(H,20,22)/t12-,17+/m1/s1. The fourth-order valence-electron chi connectivity index (χ4n) is 2.46. The maximum Gasteiger partial charge on any atom is 0.264 e. The number of benzene rings is 2. The minimum absolute atomic E-state index is 0.225. The first kappa shape index (κ1) is 15.2. The van der Waals surface area contributed by atoms with Crippen molar-refractivity contribution in [2.45, 2.75) is 25.5 Å². The summed E-state index contributed by atoms with van der Waals surface area (Å²) in [6.07, 6.45) is -0.195. The van der Waals surface area contributed by atoms with Crippen LogP contribution in [0.15, 0.2) is 59.8 Å². The zero-order valence-corrected chi connectivity index (χ0v) is 12.7. The summed E-state index contributed by atoms with van der Waals surface area (Å²) in [6, 6.07) is 15.5. The van der Waals surface area contributed by atoms with Gasteiger partial charge in [-0.2, -0.15) is 0 Å². The van der Waals surface area contributed by atoms with Crippen molar-refractivity contribution in [3.63, 3.8) is 0 Å². The van der Waals surface area contributed by atoms with Crippen LogP contribution in [-0.4, -0.2) is 17.7 Å². The highest BCUT2D eigenvalue weighted by atomic mass is 19.1. The Kier molecular flexibility index (Phi) is 4.37. The van der Waals surface area contributed by atoms with Crippen LogP contribution in [0.25, 0.3) is 0 Å². The highest BCUT2D eigenvalue weighted by Gasteiger charge is 2.29. The van der Waals surface area contributed by atoms with E-state index in [1.54, 1.807) is 12.1 Å². The van der Waals surface area contributed by atoms with Crippen LogP contribution in [0.2, 0.25) is 0 Å². The number of hydrogen-bond acceptors (Lipinski definition) is 3. The molecule has 4 nitrogen and oxygen atoms in total. The molecule has 1 aliphatic rings.